The zero-order chi connectivity index (χ0) is 17.5. The molecule has 0 bridgehead atoms. The average Bonchev–Trinajstić information content (AvgIpc) is 2.60. The highest BCUT2D eigenvalue weighted by Gasteiger charge is 2.14. The second-order valence-corrected chi connectivity index (χ2v) is 5.72. The summed E-state index contributed by atoms with van der Waals surface area (Å²) < 4.78 is 10.3. The number of ether oxygens (including phenoxy) is 2. The summed E-state index contributed by atoms with van der Waals surface area (Å²) in [6.07, 6.45) is 0. The van der Waals surface area contributed by atoms with Crippen molar-refractivity contribution in [1.29, 1.82) is 0 Å². The van der Waals surface area contributed by atoms with Crippen LogP contribution in [0.25, 0.3) is 0 Å². The smallest absolute Gasteiger partial charge is 0.339 e. The molecule has 2 rings (SSSR count). The van der Waals surface area contributed by atoms with Gasteiger partial charge in [-0.1, -0.05) is 26.0 Å². The first-order valence-corrected chi connectivity index (χ1v) is 7.73. The molecule has 0 saturated carbocycles. The summed E-state index contributed by atoms with van der Waals surface area (Å²) in [5, 5.41) is 2.73. The fourth-order valence-electron chi connectivity index (χ4n) is 2.04. The van der Waals surface area contributed by atoms with Crippen LogP contribution in [0.5, 0.6) is 5.75 Å². The van der Waals surface area contributed by atoms with Gasteiger partial charge in [0.25, 0.3) is 5.91 Å². The lowest BCUT2D eigenvalue weighted by molar-refractivity contribution is 0.0602. The molecule has 2 aromatic carbocycles. The van der Waals surface area contributed by atoms with Gasteiger partial charge in [0.2, 0.25) is 0 Å². The first-order chi connectivity index (χ1) is 11.5. The Balaban J connectivity index is 2.09. The number of anilines is 1. The van der Waals surface area contributed by atoms with E-state index < -0.39 is 5.97 Å². The monoisotopic (exact) mass is 327 g/mol. The molecule has 0 aliphatic heterocycles. The first kappa shape index (κ1) is 17.5. The van der Waals surface area contributed by atoms with Crippen molar-refractivity contribution in [2.45, 2.75) is 13.8 Å². The van der Waals surface area contributed by atoms with E-state index in [0.717, 1.165) is 5.75 Å². The quantitative estimate of drug-likeness (QED) is 0.821. The molecule has 0 aliphatic rings. The van der Waals surface area contributed by atoms with Crippen molar-refractivity contribution in [3.8, 4) is 5.75 Å². The molecule has 24 heavy (non-hydrogen) atoms. The minimum absolute atomic E-state index is 0.304. The standard InChI is InChI=1S/C19H21NO4/c1-13(2)12-24-15-10-8-14(9-11-15)18(21)20-17-7-5-4-6-16(17)19(22)23-3/h4-11,13H,12H2,1-3H3,(H,20,21). The maximum atomic E-state index is 12.4. The van der Waals surface area contributed by atoms with E-state index in [1.54, 1.807) is 48.5 Å². The maximum absolute atomic E-state index is 12.4. The lowest BCUT2D eigenvalue weighted by Crippen LogP contribution is -2.15. The summed E-state index contributed by atoms with van der Waals surface area (Å²) in [6.45, 7) is 4.76. The number of carbonyl (C=O) groups excluding carboxylic acids is 2. The third-order valence-electron chi connectivity index (χ3n) is 3.28. The molecular weight excluding hydrogens is 306 g/mol. The summed E-state index contributed by atoms with van der Waals surface area (Å²) in [6, 6.07) is 13.6. The molecule has 0 spiro atoms. The van der Waals surface area contributed by atoms with Crippen LogP contribution in [0.15, 0.2) is 48.5 Å². The number of nitrogens with one attached hydrogen (secondary N) is 1. The van der Waals surface area contributed by atoms with Crippen molar-refractivity contribution in [1.82, 2.24) is 0 Å². The molecule has 0 fully saturated rings. The second kappa shape index (κ2) is 8.15. The van der Waals surface area contributed by atoms with Gasteiger partial charge in [-0.2, -0.15) is 0 Å². The van der Waals surface area contributed by atoms with Crippen LogP contribution in [0.4, 0.5) is 5.69 Å². The summed E-state index contributed by atoms with van der Waals surface area (Å²) in [5.74, 6) is 0.350. The third kappa shape index (κ3) is 4.59. The highest BCUT2D eigenvalue weighted by Crippen LogP contribution is 2.18. The fraction of sp³-hybridized carbons (Fsp3) is 0.263. The van der Waals surface area contributed by atoms with Crippen LogP contribution in [0.3, 0.4) is 0 Å². The van der Waals surface area contributed by atoms with Crippen LogP contribution in [0.2, 0.25) is 0 Å². The Morgan fingerprint density at radius 2 is 1.71 bits per heavy atom. The van der Waals surface area contributed by atoms with Gasteiger partial charge in [-0.25, -0.2) is 4.79 Å². The van der Waals surface area contributed by atoms with E-state index in [1.165, 1.54) is 7.11 Å². The Kier molecular flexibility index (Phi) is 5.95. The first-order valence-electron chi connectivity index (χ1n) is 7.73. The number of methoxy groups -OCH3 is 1. The molecule has 0 heterocycles. The maximum Gasteiger partial charge on any atom is 0.339 e. The van der Waals surface area contributed by atoms with E-state index in [0.29, 0.717) is 29.3 Å². The van der Waals surface area contributed by atoms with Gasteiger partial charge in [0.1, 0.15) is 5.75 Å². The summed E-state index contributed by atoms with van der Waals surface area (Å²) in [5.41, 5.74) is 1.20. The highest BCUT2D eigenvalue weighted by atomic mass is 16.5. The molecule has 126 valence electrons. The van der Waals surface area contributed by atoms with E-state index in [-0.39, 0.29) is 5.91 Å². The number of rotatable bonds is 6. The number of carbonyl (C=O) groups is 2. The van der Waals surface area contributed by atoms with Crippen LogP contribution in [0, 0.1) is 5.92 Å². The van der Waals surface area contributed by atoms with E-state index in [4.69, 9.17) is 9.47 Å². The second-order valence-electron chi connectivity index (χ2n) is 5.72. The van der Waals surface area contributed by atoms with Gasteiger partial charge in [-0.15, -0.1) is 0 Å². The molecular formula is C19H21NO4. The molecule has 0 saturated heterocycles. The van der Waals surface area contributed by atoms with Gasteiger partial charge >= 0.3 is 5.97 Å². The number of hydrogen-bond donors (Lipinski definition) is 1. The van der Waals surface area contributed by atoms with Crippen molar-refractivity contribution in [2.24, 2.45) is 5.92 Å². The van der Waals surface area contributed by atoms with Crippen LogP contribution in [-0.2, 0) is 4.74 Å². The predicted molar refractivity (Wildman–Crippen MR) is 92.5 cm³/mol. The molecule has 1 N–H and O–H groups in total. The molecule has 2 aromatic rings. The van der Waals surface area contributed by atoms with Gasteiger partial charge in [-0.3, -0.25) is 4.79 Å². The SMILES string of the molecule is COC(=O)c1ccccc1NC(=O)c1ccc(OCC(C)C)cc1. The zero-order valence-corrected chi connectivity index (χ0v) is 14.0. The number of benzene rings is 2. The number of esters is 1. The molecule has 0 aromatic heterocycles. The van der Waals surface area contributed by atoms with Crippen LogP contribution in [0.1, 0.15) is 34.6 Å². The normalized spacial score (nSPS) is 10.3. The Labute approximate surface area is 141 Å². The van der Waals surface area contributed by atoms with Crippen molar-refractivity contribution in [3.63, 3.8) is 0 Å². The Morgan fingerprint density at radius 1 is 1.04 bits per heavy atom. The van der Waals surface area contributed by atoms with E-state index >= 15 is 0 Å². The minimum atomic E-state index is -0.497. The van der Waals surface area contributed by atoms with Crippen LogP contribution < -0.4 is 10.1 Å². The zero-order valence-electron chi connectivity index (χ0n) is 14.0. The molecule has 0 unspecified atom stereocenters. The molecule has 0 radical (unpaired) electrons. The van der Waals surface area contributed by atoms with Crippen LogP contribution >= 0.6 is 0 Å². The minimum Gasteiger partial charge on any atom is -0.493 e. The molecule has 5 heteroatoms. The summed E-state index contributed by atoms with van der Waals surface area (Å²) in [7, 11) is 1.30. The number of para-hydroxylation sites is 1. The van der Waals surface area contributed by atoms with Gasteiger partial charge in [0.05, 0.1) is 25.0 Å². The molecule has 0 atom stereocenters. The van der Waals surface area contributed by atoms with E-state index in [2.05, 4.69) is 19.2 Å². The number of hydrogen-bond acceptors (Lipinski definition) is 4. The van der Waals surface area contributed by atoms with Gasteiger partial charge in [0.15, 0.2) is 0 Å². The molecule has 0 aliphatic carbocycles. The molecule has 1 amide bonds. The fourth-order valence-corrected chi connectivity index (χ4v) is 2.04. The van der Waals surface area contributed by atoms with Crippen molar-refractivity contribution < 1.29 is 19.1 Å². The predicted octanol–water partition coefficient (Wildman–Crippen LogP) is 3.76. The topological polar surface area (TPSA) is 64.6 Å². The lowest BCUT2D eigenvalue weighted by atomic mass is 10.1. The van der Waals surface area contributed by atoms with Crippen LogP contribution in [-0.4, -0.2) is 25.6 Å². The van der Waals surface area contributed by atoms with Gasteiger partial charge < -0.3 is 14.8 Å². The van der Waals surface area contributed by atoms with Gasteiger partial charge in [0, 0.05) is 5.56 Å². The summed E-state index contributed by atoms with van der Waals surface area (Å²) >= 11 is 0. The van der Waals surface area contributed by atoms with E-state index in [9.17, 15) is 9.59 Å². The number of amides is 1. The van der Waals surface area contributed by atoms with Gasteiger partial charge in [-0.05, 0) is 42.3 Å². The van der Waals surface area contributed by atoms with Crippen molar-refractivity contribution >= 4 is 17.6 Å². The largest absolute Gasteiger partial charge is 0.493 e. The lowest BCUT2D eigenvalue weighted by Gasteiger charge is -2.11. The highest BCUT2D eigenvalue weighted by molar-refractivity contribution is 6.08. The molecule has 5 nitrogen and oxygen atoms in total. The average molecular weight is 327 g/mol. The third-order valence-corrected chi connectivity index (χ3v) is 3.28. The summed E-state index contributed by atoms with van der Waals surface area (Å²) in [4.78, 5) is 24.1. The Morgan fingerprint density at radius 3 is 2.33 bits per heavy atom. The Hall–Kier alpha value is -2.82. The van der Waals surface area contributed by atoms with Crippen molar-refractivity contribution in [3.05, 3.63) is 59.7 Å². The van der Waals surface area contributed by atoms with Crippen molar-refractivity contribution in [2.75, 3.05) is 19.0 Å². The van der Waals surface area contributed by atoms with E-state index in [1.807, 2.05) is 0 Å². The Bertz CT molecular complexity index is 708.